The molecule has 5 atom stereocenters. The van der Waals surface area contributed by atoms with E-state index in [0.717, 1.165) is 24.9 Å². The number of halogens is 1. The number of hydrogen-bond donors (Lipinski definition) is 1. The molecule has 12 nitrogen and oxygen atoms in total. The topological polar surface area (TPSA) is 133 Å². The minimum Gasteiger partial charge on any atom is -0.491 e. The Morgan fingerprint density at radius 2 is 1.92 bits per heavy atom. The summed E-state index contributed by atoms with van der Waals surface area (Å²) in [7, 11) is -0.0488. The van der Waals surface area contributed by atoms with Gasteiger partial charge in [0.15, 0.2) is 11.5 Å². The third kappa shape index (κ3) is 9.56. The average molecular weight is 764 g/mol. The van der Waals surface area contributed by atoms with Gasteiger partial charge in [0.2, 0.25) is 0 Å². The first-order valence-electron chi connectivity index (χ1n) is 18.3. The van der Waals surface area contributed by atoms with E-state index in [9.17, 15) is 9.00 Å². The van der Waals surface area contributed by atoms with Crippen LogP contribution in [0.3, 0.4) is 0 Å². The van der Waals surface area contributed by atoms with Gasteiger partial charge in [0.25, 0.3) is 5.91 Å². The second-order valence-electron chi connectivity index (χ2n) is 14.2. The Morgan fingerprint density at radius 1 is 1.08 bits per heavy atom. The van der Waals surface area contributed by atoms with Crippen molar-refractivity contribution in [2.45, 2.75) is 65.6 Å². The first-order valence-corrected chi connectivity index (χ1v) is 20.3. The highest BCUT2D eigenvalue weighted by Crippen LogP contribution is 2.35. The molecule has 1 amide bonds. The second kappa shape index (κ2) is 17.4. The van der Waals surface area contributed by atoms with Gasteiger partial charge >= 0.3 is 0 Å². The number of benzene rings is 2. The van der Waals surface area contributed by atoms with Gasteiger partial charge < -0.3 is 19.1 Å². The normalized spacial score (nSPS) is 25.1. The zero-order chi connectivity index (χ0) is 37.5. The van der Waals surface area contributed by atoms with Gasteiger partial charge in [-0.3, -0.25) is 14.2 Å². The summed E-state index contributed by atoms with van der Waals surface area (Å²) < 4.78 is 41.8. The Kier molecular flexibility index (Phi) is 12.7. The summed E-state index contributed by atoms with van der Waals surface area (Å²) >= 11 is 6.48. The zero-order valence-corrected chi connectivity index (χ0v) is 32.7. The van der Waals surface area contributed by atoms with Crippen molar-refractivity contribution >= 4 is 50.0 Å². The number of rotatable bonds is 6. The molecule has 4 aromatic rings. The van der Waals surface area contributed by atoms with Crippen LogP contribution in [0.25, 0.3) is 11.0 Å². The molecule has 14 heteroatoms. The Labute approximate surface area is 317 Å². The molecule has 284 valence electrons. The fraction of sp³-hybridized carbons (Fsp3) is 0.487. The van der Waals surface area contributed by atoms with Crippen LogP contribution < -0.4 is 14.4 Å². The predicted molar refractivity (Wildman–Crippen MR) is 210 cm³/mol. The Bertz CT molecular complexity index is 2060. The van der Waals surface area contributed by atoms with Gasteiger partial charge in [0, 0.05) is 44.1 Å². The number of nitrogens with one attached hydrogen (secondary N) is 1. The molecule has 0 saturated heterocycles. The van der Waals surface area contributed by atoms with Crippen molar-refractivity contribution in [2.24, 2.45) is 22.1 Å². The van der Waals surface area contributed by atoms with Crippen LogP contribution in [0.4, 0.5) is 11.5 Å². The smallest absolute Gasteiger partial charge is 0.286 e. The number of carbonyl (C=O) groups excluding carboxylic acids is 1. The molecular formula is C39H50ClN7O5S. The van der Waals surface area contributed by atoms with Gasteiger partial charge in [0.1, 0.15) is 22.0 Å². The van der Waals surface area contributed by atoms with Gasteiger partial charge in [0.05, 0.1) is 42.7 Å². The molecule has 1 unspecified atom stereocenters. The first kappa shape index (κ1) is 38.7. The summed E-state index contributed by atoms with van der Waals surface area (Å²) in [4.78, 5) is 25.2. The van der Waals surface area contributed by atoms with Crippen LogP contribution >= 0.6 is 11.6 Å². The van der Waals surface area contributed by atoms with Gasteiger partial charge in [-0.15, -0.1) is 4.36 Å². The molecule has 0 spiro atoms. The number of nitrogens with zero attached hydrogens (tertiary/aromatic N) is 6. The van der Waals surface area contributed by atoms with Crippen molar-refractivity contribution in [1.82, 2.24) is 19.7 Å². The summed E-state index contributed by atoms with van der Waals surface area (Å²) in [6.45, 7) is 9.19. The Hall–Kier alpha value is -4.04. The van der Waals surface area contributed by atoms with Crippen molar-refractivity contribution in [1.29, 1.82) is 0 Å². The number of allylic oxidation sites excluding steroid dienone is 1. The maximum atomic E-state index is 14.9. The molecule has 6 rings (SSSR count). The quantitative estimate of drug-likeness (QED) is 0.200. The minimum atomic E-state index is -3.41. The van der Waals surface area contributed by atoms with Crippen LogP contribution in [0.15, 0.2) is 65.4 Å². The molecule has 4 heterocycles. The number of amides is 1. The van der Waals surface area contributed by atoms with Crippen LogP contribution in [0.1, 0.15) is 61.5 Å². The molecule has 1 N–H and O–H groups in total. The van der Waals surface area contributed by atoms with Gasteiger partial charge in [-0.05, 0) is 84.9 Å². The number of fused-ring (bicyclic) bond motifs is 3. The third-order valence-electron chi connectivity index (χ3n) is 10.1. The summed E-state index contributed by atoms with van der Waals surface area (Å²) in [5.41, 5.74) is 3.90. The molecule has 2 aliphatic rings. The number of anilines is 2. The lowest BCUT2D eigenvalue weighted by atomic mass is 9.89. The summed E-state index contributed by atoms with van der Waals surface area (Å²) in [6.07, 6.45) is 10.5. The monoisotopic (exact) mass is 763 g/mol. The highest BCUT2D eigenvalue weighted by Gasteiger charge is 2.27. The highest BCUT2D eigenvalue weighted by atomic mass is 35.5. The van der Waals surface area contributed by atoms with Crippen LogP contribution in [0.5, 0.6) is 5.75 Å². The zero-order valence-electron chi connectivity index (χ0n) is 31.2. The van der Waals surface area contributed by atoms with E-state index in [2.05, 4.69) is 67.2 Å². The lowest BCUT2D eigenvalue weighted by Crippen LogP contribution is -2.35. The number of methoxy groups -OCH3 is 2. The number of hydrogen-bond acceptors (Lipinski definition) is 9. The van der Waals surface area contributed by atoms with Crippen LogP contribution in [-0.4, -0.2) is 75.7 Å². The molecule has 2 bridgehead atoms. The van der Waals surface area contributed by atoms with E-state index in [1.54, 1.807) is 31.2 Å². The Balaban J connectivity index is 1.46. The Morgan fingerprint density at radius 3 is 2.74 bits per heavy atom. The van der Waals surface area contributed by atoms with E-state index < -0.39 is 15.8 Å². The molecule has 0 saturated carbocycles. The van der Waals surface area contributed by atoms with Gasteiger partial charge in [-0.2, -0.15) is 5.10 Å². The number of aryl methyl sites for hydroxylation is 1. The van der Waals surface area contributed by atoms with Crippen molar-refractivity contribution in [3.8, 4) is 5.75 Å². The number of carbonyl (C=O) groups is 1. The van der Waals surface area contributed by atoms with E-state index in [-0.39, 0.29) is 29.6 Å². The fourth-order valence-electron chi connectivity index (χ4n) is 6.96. The number of ether oxygens (including phenoxy) is 3. The fourth-order valence-corrected chi connectivity index (χ4v) is 9.11. The van der Waals surface area contributed by atoms with E-state index in [0.29, 0.717) is 72.5 Å². The lowest BCUT2D eigenvalue weighted by Gasteiger charge is -2.34. The summed E-state index contributed by atoms with van der Waals surface area (Å²) in [5, 5.41) is 5.79. The van der Waals surface area contributed by atoms with E-state index in [1.165, 1.54) is 17.5 Å². The van der Waals surface area contributed by atoms with Crippen molar-refractivity contribution in [3.63, 3.8) is 0 Å². The number of aromatic nitrogens is 4. The van der Waals surface area contributed by atoms with Gasteiger partial charge in [-0.1, -0.05) is 50.6 Å². The van der Waals surface area contributed by atoms with E-state index >= 15 is 0 Å². The average Bonchev–Trinajstić information content (AvgIpc) is 3.55. The maximum absolute atomic E-state index is 14.9. The van der Waals surface area contributed by atoms with Crippen LogP contribution in [-0.2, 0) is 38.9 Å². The third-order valence-corrected chi connectivity index (χ3v) is 12.3. The van der Waals surface area contributed by atoms with Crippen molar-refractivity contribution in [2.75, 3.05) is 49.4 Å². The summed E-state index contributed by atoms with van der Waals surface area (Å²) in [6, 6.07) is 11.5. The SMILES string of the molecule is COCCn1cc2c(NS3(=O)=NC(=O)c4ccc5c(c4)N(Cc4ccc(Cl)cc4CCCCO5)C[C@H](C)[C@@H](C)[C@@H](OC)/C=C/C[C@H](C)C3)ncnc2n1. The molecule has 0 radical (unpaired) electrons. The minimum absolute atomic E-state index is 0.0928. The van der Waals surface area contributed by atoms with E-state index in [1.807, 2.05) is 25.1 Å². The van der Waals surface area contributed by atoms with Crippen LogP contribution in [0.2, 0.25) is 5.02 Å². The predicted octanol–water partition coefficient (Wildman–Crippen LogP) is 7.37. The van der Waals surface area contributed by atoms with Gasteiger partial charge in [-0.25, -0.2) is 14.2 Å². The molecule has 0 aliphatic carbocycles. The van der Waals surface area contributed by atoms with Crippen molar-refractivity contribution in [3.05, 3.63) is 82.8 Å². The van der Waals surface area contributed by atoms with E-state index in [4.69, 9.17) is 25.8 Å². The molecule has 2 aromatic heterocycles. The molecule has 2 aromatic carbocycles. The van der Waals surface area contributed by atoms with Crippen molar-refractivity contribution < 1.29 is 23.2 Å². The molecular weight excluding hydrogens is 714 g/mol. The van der Waals surface area contributed by atoms with Crippen LogP contribution in [0, 0.1) is 17.8 Å². The molecule has 2 aliphatic heterocycles. The second-order valence-corrected chi connectivity index (χ2v) is 16.7. The highest BCUT2D eigenvalue weighted by molar-refractivity contribution is 7.95. The molecule has 53 heavy (non-hydrogen) atoms. The molecule has 0 fully saturated rings. The maximum Gasteiger partial charge on any atom is 0.286 e. The lowest BCUT2D eigenvalue weighted by molar-refractivity contribution is 0.0745. The summed E-state index contributed by atoms with van der Waals surface area (Å²) in [5.74, 6) is 0.719. The first-order chi connectivity index (χ1) is 25.6. The standard InChI is InChI=1S/C39H50ClN7O5S/c1-26-9-8-11-35(51-5)28(3)27(2)21-46-22-31-12-14-32(40)19-29(31)10-6-7-17-52-36-15-13-30(20-34(36)46)39(48)45-53(49,24-26)44-38-33-23-47(16-18-50-4)43-37(33)41-25-42-38/h8,11-15,19-20,23,25-28,35H,6-7,9-10,16-18,21-22,24H2,1-5H3,(H,41,42,43,44,45,48,49)/b11-8+/t26-,27-,28+,35-,53?/m0/s1. The largest absolute Gasteiger partial charge is 0.491 e.